The van der Waals surface area contributed by atoms with Gasteiger partial charge in [-0.05, 0) is 62.7 Å². The van der Waals surface area contributed by atoms with Crippen molar-refractivity contribution in [1.29, 1.82) is 0 Å². The Balaban J connectivity index is 0.00000156. The number of hydrogen-bond acceptors (Lipinski definition) is 4. The predicted octanol–water partition coefficient (Wildman–Crippen LogP) is 7.50. The molecule has 0 saturated carbocycles. The van der Waals surface area contributed by atoms with Gasteiger partial charge in [0.15, 0.2) is 0 Å². The second kappa shape index (κ2) is 12.0. The molecule has 0 unspecified atom stereocenters. The summed E-state index contributed by atoms with van der Waals surface area (Å²) in [5.41, 5.74) is 5.90. The number of aryl methyl sites for hydroxylation is 1. The van der Waals surface area contributed by atoms with Gasteiger partial charge in [0.05, 0.1) is 22.5 Å². The van der Waals surface area contributed by atoms with Crippen molar-refractivity contribution in [2.75, 3.05) is 13.1 Å². The molecule has 192 valence electrons. The third-order valence-corrected chi connectivity index (χ3v) is 6.73. The maximum Gasteiger partial charge on any atom is 0.230 e. The zero-order valence-corrected chi connectivity index (χ0v) is 22.4. The SMILES string of the molecule is CC.CC(=O)n1c(O)c(C(=Nc2ccc(CN3CCCCC3)cc2)c2ccccc2)c2cc(C)ccc21. The van der Waals surface area contributed by atoms with Gasteiger partial charge in [-0.25, -0.2) is 4.99 Å². The minimum absolute atomic E-state index is 0.0811. The molecule has 4 aromatic rings. The number of aromatic hydroxyl groups is 1. The Labute approximate surface area is 220 Å². The minimum atomic E-state index is -0.239. The molecule has 5 heteroatoms. The number of aromatic nitrogens is 1. The fraction of sp³-hybridized carbons (Fsp3) is 0.312. The van der Waals surface area contributed by atoms with Crippen LogP contribution in [-0.2, 0) is 6.54 Å². The fourth-order valence-corrected chi connectivity index (χ4v) is 4.99. The van der Waals surface area contributed by atoms with Crippen LogP contribution in [0.2, 0.25) is 0 Å². The van der Waals surface area contributed by atoms with Gasteiger partial charge < -0.3 is 5.11 Å². The Kier molecular flexibility index (Phi) is 8.57. The first-order valence-corrected chi connectivity index (χ1v) is 13.3. The highest BCUT2D eigenvalue weighted by Crippen LogP contribution is 2.35. The molecule has 5 nitrogen and oxygen atoms in total. The lowest BCUT2D eigenvalue weighted by molar-refractivity contribution is 0.0933. The minimum Gasteiger partial charge on any atom is -0.494 e. The van der Waals surface area contributed by atoms with Crippen molar-refractivity contribution in [3.63, 3.8) is 0 Å². The molecule has 0 amide bonds. The molecule has 0 atom stereocenters. The summed E-state index contributed by atoms with van der Waals surface area (Å²) in [7, 11) is 0. The number of rotatable bonds is 5. The predicted molar refractivity (Wildman–Crippen MR) is 153 cm³/mol. The van der Waals surface area contributed by atoms with E-state index in [1.54, 1.807) is 0 Å². The third-order valence-electron chi connectivity index (χ3n) is 6.73. The van der Waals surface area contributed by atoms with Crippen molar-refractivity contribution in [2.24, 2.45) is 4.99 Å². The number of hydrogen-bond donors (Lipinski definition) is 1. The van der Waals surface area contributed by atoms with Crippen LogP contribution in [0.25, 0.3) is 10.9 Å². The first kappa shape index (κ1) is 26.4. The third kappa shape index (κ3) is 5.83. The molecule has 1 N–H and O–H groups in total. The number of carbonyl (C=O) groups excluding carboxylic acids is 1. The van der Waals surface area contributed by atoms with E-state index >= 15 is 0 Å². The van der Waals surface area contributed by atoms with Gasteiger partial charge in [-0.1, -0.05) is 74.4 Å². The van der Waals surface area contributed by atoms with E-state index in [9.17, 15) is 9.90 Å². The highest BCUT2D eigenvalue weighted by Gasteiger charge is 2.24. The number of nitrogens with zero attached hydrogens (tertiary/aromatic N) is 3. The summed E-state index contributed by atoms with van der Waals surface area (Å²) >= 11 is 0. The van der Waals surface area contributed by atoms with Crippen LogP contribution in [0.3, 0.4) is 0 Å². The Hall–Kier alpha value is -3.70. The highest BCUT2D eigenvalue weighted by molar-refractivity contribution is 6.23. The number of benzene rings is 3. The van der Waals surface area contributed by atoms with E-state index in [0.717, 1.165) is 41.8 Å². The molecule has 37 heavy (non-hydrogen) atoms. The zero-order chi connectivity index (χ0) is 26.4. The quantitative estimate of drug-likeness (QED) is 0.292. The van der Waals surface area contributed by atoms with Crippen LogP contribution in [0.5, 0.6) is 5.88 Å². The lowest BCUT2D eigenvalue weighted by atomic mass is 10.00. The molecule has 1 aliphatic heterocycles. The van der Waals surface area contributed by atoms with Gasteiger partial charge in [0.1, 0.15) is 0 Å². The summed E-state index contributed by atoms with van der Waals surface area (Å²) in [6.07, 6.45) is 3.89. The summed E-state index contributed by atoms with van der Waals surface area (Å²) in [5, 5.41) is 12.1. The van der Waals surface area contributed by atoms with Gasteiger partial charge in [-0.15, -0.1) is 0 Å². The second-order valence-electron chi connectivity index (χ2n) is 9.40. The fourth-order valence-electron chi connectivity index (χ4n) is 4.99. The molecular formula is C32H37N3O2. The summed E-state index contributed by atoms with van der Waals surface area (Å²) in [4.78, 5) is 20.0. The molecule has 1 aliphatic rings. The van der Waals surface area contributed by atoms with Crippen LogP contribution < -0.4 is 0 Å². The maximum absolute atomic E-state index is 12.5. The Morgan fingerprint density at radius 3 is 2.24 bits per heavy atom. The highest BCUT2D eigenvalue weighted by atomic mass is 16.3. The van der Waals surface area contributed by atoms with Gasteiger partial charge in [0, 0.05) is 24.4 Å². The topological polar surface area (TPSA) is 57.8 Å². The van der Waals surface area contributed by atoms with Gasteiger partial charge >= 0.3 is 0 Å². The first-order chi connectivity index (χ1) is 18.0. The molecule has 2 heterocycles. The lowest BCUT2D eigenvalue weighted by Crippen LogP contribution is -2.28. The van der Waals surface area contributed by atoms with Crippen molar-refractivity contribution < 1.29 is 9.90 Å². The molecular weight excluding hydrogens is 458 g/mol. The van der Waals surface area contributed by atoms with E-state index in [1.807, 2.05) is 81.4 Å². The van der Waals surface area contributed by atoms with Crippen molar-refractivity contribution in [3.8, 4) is 5.88 Å². The number of likely N-dealkylation sites (tertiary alicyclic amines) is 1. The largest absolute Gasteiger partial charge is 0.494 e. The first-order valence-electron chi connectivity index (χ1n) is 13.3. The van der Waals surface area contributed by atoms with Crippen molar-refractivity contribution >= 4 is 28.2 Å². The molecule has 5 rings (SSSR count). The van der Waals surface area contributed by atoms with Gasteiger partial charge in [-0.3, -0.25) is 14.3 Å². The standard InChI is InChI=1S/C30H31N3O2.C2H6/c1-21-11-16-27-26(19-21)28(30(35)33(27)22(2)34)29(24-9-5-3-6-10-24)31-25-14-12-23(13-15-25)20-32-17-7-4-8-18-32;1-2/h3,5-6,9-16,19,35H,4,7-8,17-18,20H2,1-2H3;1-2H3. The number of fused-ring (bicyclic) bond motifs is 1. The molecule has 3 aromatic carbocycles. The van der Waals surface area contributed by atoms with E-state index in [2.05, 4.69) is 17.0 Å². The van der Waals surface area contributed by atoms with Crippen LogP contribution in [0.15, 0.2) is 77.8 Å². The Morgan fingerprint density at radius 1 is 0.919 bits per heavy atom. The summed E-state index contributed by atoms with van der Waals surface area (Å²) in [6.45, 7) is 10.8. The van der Waals surface area contributed by atoms with Crippen LogP contribution in [0, 0.1) is 6.92 Å². The lowest BCUT2D eigenvalue weighted by Gasteiger charge is -2.26. The summed E-state index contributed by atoms with van der Waals surface area (Å²) in [5.74, 6) is -0.320. The van der Waals surface area contributed by atoms with Crippen molar-refractivity contribution in [1.82, 2.24) is 9.47 Å². The van der Waals surface area contributed by atoms with Crippen LogP contribution in [-0.4, -0.2) is 39.3 Å². The average molecular weight is 496 g/mol. The Bertz CT molecular complexity index is 1380. The van der Waals surface area contributed by atoms with Crippen molar-refractivity contribution in [2.45, 2.75) is 53.5 Å². The van der Waals surface area contributed by atoms with E-state index < -0.39 is 0 Å². The second-order valence-corrected chi connectivity index (χ2v) is 9.40. The van der Waals surface area contributed by atoms with Gasteiger partial charge in [0.25, 0.3) is 0 Å². The summed E-state index contributed by atoms with van der Waals surface area (Å²) < 4.78 is 1.37. The van der Waals surface area contributed by atoms with E-state index in [-0.39, 0.29) is 11.8 Å². The number of piperidine rings is 1. The molecule has 1 saturated heterocycles. The monoisotopic (exact) mass is 495 g/mol. The zero-order valence-electron chi connectivity index (χ0n) is 22.4. The average Bonchev–Trinajstić information content (AvgIpc) is 3.21. The summed E-state index contributed by atoms with van der Waals surface area (Å²) in [6, 6.07) is 24.0. The smallest absolute Gasteiger partial charge is 0.230 e. The van der Waals surface area contributed by atoms with Crippen LogP contribution >= 0.6 is 0 Å². The molecule has 1 fully saturated rings. The van der Waals surface area contributed by atoms with Gasteiger partial charge in [-0.2, -0.15) is 0 Å². The number of carbonyl (C=O) groups is 1. The normalized spacial score (nSPS) is 14.3. The maximum atomic E-state index is 12.5. The number of aliphatic imine (C=N–C) groups is 1. The van der Waals surface area contributed by atoms with Crippen LogP contribution in [0.4, 0.5) is 5.69 Å². The van der Waals surface area contributed by atoms with Crippen LogP contribution in [0.1, 0.15) is 67.1 Å². The molecule has 0 radical (unpaired) electrons. The molecule has 0 aliphatic carbocycles. The van der Waals surface area contributed by atoms with E-state index in [1.165, 1.54) is 36.3 Å². The molecule has 0 bridgehead atoms. The van der Waals surface area contributed by atoms with Crippen molar-refractivity contribution in [3.05, 3.63) is 95.1 Å². The van der Waals surface area contributed by atoms with Gasteiger partial charge in [0.2, 0.25) is 11.8 Å². The molecule has 1 aromatic heterocycles. The molecule has 0 spiro atoms. The Morgan fingerprint density at radius 2 is 1.59 bits per heavy atom. The van der Waals surface area contributed by atoms with E-state index in [0.29, 0.717) is 16.8 Å². The van der Waals surface area contributed by atoms with E-state index in [4.69, 9.17) is 4.99 Å².